The Balaban J connectivity index is 0.000000163. The van der Waals surface area contributed by atoms with Crippen LogP contribution in [-0.4, -0.2) is 19.7 Å². The van der Waals surface area contributed by atoms with E-state index in [-0.39, 0.29) is 0 Å². The first-order valence-electron chi connectivity index (χ1n) is 15.6. The van der Waals surface area contributed by atoms with E-state index in [1.165, 1.54) is 34.9 Å². The number of benzene rings is 7. The van der Waals surface area contributed by atoms with Gasteiger partial charge in [0.2, 0.25) is 0 Å². The predicted octanol–water partition coefficient (Wildman–Crippen LogP) is 5.85. The van der Waals surface area contributed by atoms with E-state index >= 15 is 0 Å². The summed E-state index contributed by atoms with van der Waals surface area (Å²) in [6.45, 7) is 0. The molecule has 0 spiro atoms. The van der Waals surface area contributed by atoms with E-state index in [9.17, 15) is 0 Å². The molecule has 0 aliphatic carbocycles. The average Bonchev–Trinajstić information content (AvgIpc) is 3.15. The first-order valence-corrected chi connectivity index (χ1v) is 20.3. The number of hydrogen-bond acceptors (Lipinski definition) is 0. The van der Waals surface area contributed by atoms with Crippen LogP contribution in [0, 0.1) is 0 Å². The monoisotopic (exact) mass is 640 g/mol. The molecule has 0 aliphatic rings. The fraction of sp³-hybridized carbons (Fsp3) is 0.0233. The predicted molar refractivity (Wildman–Crippen MR) is 200 cm³/mol. The van der Waals surface area contributed by atoms with Gasteiger partial charge < -0.3 is 0 Å². The first-order chi connectivity index (χ1) is 22.2. The summed E-state index contributed by atoms with van der Waals surface area (Å²) in [6.07, 6.45) is -1.22. The summed E-state index contributed by atoms with van der Waals surface area (Å²) in [5.41, 5.74) is 7.83. The molecule has 0 N–H and O–H groups in total. The molecular formula is C43H38AsB. The van der Waals surface area contributed by atoms with E-state index in [0.29, 0.717) is 0 Å². The molecule has 0 heterocycles. The Bertz CT molecular complexity index is 1600. The zero-order chi connectivity index (χ0) is 30.8. The smallest absolute Gasteiger partial charge is 0.108 e. The quantitative estimate of drug-likeness (QED) is 0.192. The minimum absolute atomic E-state index is 1.22. The summed E-state index contributed by atoms with van der Waals surface area (Å²) in [6, 6.07) is 76.4. The van der Waals surface area contributed by atoms with Gasteiger partial charge in [-0.25, -0.2) is 0 Å². The normalized spacial score (nSPS) is 11.2. The Kier molecular flexibility index (Phi) is 9.60. The molecule has 7 rings (SSSR count). The van der Waals surface area contributed by atoms with Gasteiger partial charge in [0.25, 0.3) is 0 Å². The van der Waals surface area contributed by atoms with Crippen LogP contribution in [0.3, 0.4) is 0 Å². The molecule has 0 saturated heterocycles. The minimum atomic E-state index is -2.29. The largest absolute Gasteiger partial charge is 0.195 e. The molecule has 0 unspecified atom stereocenters. The second-order valence-corrected chi connectivity index (χ2v) is 19.0. The Morgan fingerprint density at radius 2 is 0.444 bits per heavy atom. The first kappa shape index (κ1) is 30.2. The third-order valence-electron chi connectivity index (χ3n) is 9.02. The van der Waals surface area contributed by atoms with E-state index in [1.807, 2.05) is 0 Å². The van der Waals surface area contributed by atoms with Crippen LogP contribution in [0.1, 0.15) is 0 Å². The molecule has 45 heavy (non-hydrogen) atoms. The van der Waals surface area contributed by atoms with E-state index in [4.69, 9.17) is 0 Å². The summed E-state index contributed by atoms with van der Waals surface area (Å²) >= 11 is -2.29. The van der Waals surface area contributed by atoms with Crippen molar-refractivity contribution >= 4 is 54.6 Å². The molecule has 2 heteroatoms. The third kappa shape index (κ3) is 6.23. The van der Waals surface area contributed by atoms with Gasteiger partial charge in [-0.05, 0) is 0 Å². The summed E-state index contributed by atoms with van der Waals surface area (Å²) in [5, 5.41) is 0. The second-order valence-electron chi connectivity index (χ2n) is 11.5. The minimum Gasteiger partial charge on any atom is -0.195 e. The Morgan fingerprint density at radius 3 is 0.644 bits per heavy atom. The maximum Gasteiger partial charge on any atom is 0.108 e. The van der Waals surface area contributed by atoms with Crippen LogP contribution < -0.4 is 34.9 Å². The fourth-order valence-electron chi connectivity index (χ4n) is 6.75. The maximum absolute atomic E-state index is 2.47. The van der Waals surface area contributed by atoms with Crippen LogP contribution >= 0.6 is 0 Å². The fourth-order valence-corrected chi connectivity index (χ4v) is 13.5. The van der Waals surface area contributed by atoms with Crippen LogP contribution in [0.4, 0.5) is 0 Å². The summed E-state index contributed by atoms with van der Waals surface area (Å²) in [4.78, 5) is 0. The van der Waals surface area contributed by atoms with E-state index in [1.54, 1.807) is 0 Å². The molecular weight excluding hydrogens is 602 g/mol. The molecule has 7 aromatic carbocycles. The van der Waals surface area contributed by atoms with Gasteiger partial charge in [-0.1, -0.05) is 121 Å². The van der Waals surface area contributed by atoms with E-state index in [0.717, 1.165) is 0 Å². The van der Waals surface area contributed by atoms with Gasteiger partial charge in [0, 0.05) is 0 Å². The third-order valence-corrected chi connectivity index (χ3v) is 17.4. The molecule has 7 aromatic rings. The van der Waals surface area contributed by atoms with Crippen molar-refractivity contribution in [2.75, 3.05) is 0 Å². The molecule has 0 saturated carbocycles. The van der Waals surface area contributed by atoms with Gasteiger partial charge in [0.15, 0.2) is 0 Å². The molecule has 0 fully saturated rings. The molecule has 0 aliphatic heterocycles. The van der Waals surface area contributed by atoms with Crippen molar-refractivity contribution < 1.29 is 0 Å². The molecule has 0 aromatic heterocycles. The molecule has 0 atom stereocenters. The zero-order valence-electron chi connectivity index (χ0n) is 25.7. The van der Waals surface area contributed by atoms with Crippen molar-refractivity contribution in [1.82, 2.24) is 0 Å². The van der Waals surface area contributed by atoms with Crippen LogP contribution in [-0.2, 0) is 0 Å². The van der Waals surface area contributed by atoms with Crippen molar-refractivity contribution in [3.8, 4) is 0 Å². The zero-order valence-corrected chi connectivity index (χ0v) is 27.6. The molecule has 0 amide bonds. The van der Waals surface area contributed by atoms with Crippen LogP contribution in [0.15, 0.2) is 212 Å². The average molecular weight is 641 g/mol. The van der Waals surface area contributed by atoms with Crippen molar-refractivity contribution in [2.45, 2.75) is 5.71 Å². The van der Waals surface area contributed by atoms with Gasteiger partial charge in [0.1, 0.15) is 6.15 Å². The topological polar surface area (TPSA) is 0 Å². The van der Waals surface area contributed by atoms with Gasteiger partial charge in [-0.3, -0.25) is 0 Å². The summed E-state index contributed by atoms with van der Waals surface area (Å²) < 4.78 is 4.47. The van der Waals surface area contributed by atoms with Crippen LogP contribution in [0.2, 0.25) is 5.71 Å². The SMILES string of the molecule is C[As+](c1ccccc1)(c1ccccc1)c1ccccc1.c1ccc([B-](c2ccccc2)(c2ccccc2)c2ccccc2)cc1. The Labute approximate surface area is 271 Å². The van der Waals surface area contributed by atoms with Crippen LogP contribution in [0.25, 0.3) is 0 Å². The van der Waals surface area contributed by atoms with Crippen molar-refractivity contribution in [1.29, 1.82) is 0 Å². The van der Waals surface area contributed by atoms with Gasteiger partial charge in [-0.2, -0.15) is 21.9 Å². The van der Waals surface area contributed by atoms with E-state index in [2.05, 4.69) is 218 Å². The van der Waals surface area contributed by atoms with Crippen molar-refractivity contribution in [3.63, 3.8) is 0 Å². The molecule has 0 nitrogen and oxygen atoms in total. The Hall–Kier alpha value is -4.84. The molecule has 218 valence electrons. The molecule has 0 bridgehead atoms. The van der Waals surface area contributed by atoms with Crippen molar-refractivity contribution in [2.24, 2.45) is 0 Å². The van der Waals surface area contributed by atoms with E-state index < -0.39 is 19.7 Å². The summed E-state index contributed by atoms with van der Waals surface area (Å²) in [7, 11) is 0. The standard InChI is InChI=1S/C24H20B.C19H18As/c1-5-13-21(14-6-1)25(22-15-7-2-8-16-22,23-17-9-3-10-18-23)24-19-11-4-12-20-24;1-20(17-11-5-2-6-12-17,18-13-7-3-8-14-18)19-15-9-4-10-16-19/h1-20H;2-16H,1H3/q-1;+1. The number of rotatable bonds is 7. The van der Waals surface area contributed by atoms with Crippen LogP contribution in [0.5, 0.6) is 0 Å². The Morgan fingerprint density at radius 1 is 0.267 bits per heavy atom. The second kappa shape index (κ2) is 14.3. The maximum atomic E-state index is 2.47. The molecule has 0 radical (unpaired) electrons. The van der Waals surface area contributed by atoms with Crippen molar-refractivity contribution in [3.05, 3.63) is 212 Å². The van der Waals surface area contributed by atoms with Gasteiger partial charge in [0.05, 0.1) is 0 Å². The number of hydrogen-bond donors (Lipinski definition) is 0. The summed E-state index contributed by atoms with van der Waals surface area (Å²) in [5.74, 6) is 0. The van der Waals surface area contributed by atoms with Gasteiger partial charge >= 0.3 is 123 Å². The van der Waals surface area contributed by atoms with Gasteiger partial charge in [-0.15, -0.1) is 0 Å².